The van der Waals surface area contributed by atoms with Crippen molar-refractivity contribution in [2.24, 2.45) is 0 Å². The molecule has 1 atom stereocenters. The second-order valence-corrected chi connectivity index (χ2v) is 3.90. The lowest BCUT2D eigenvalue weighted by atomic mass is 10.1. The molecule has 0 spiro atoms. The molecule has 1 N–H and O–H groups in total. The van der Waals surface area contributed by atoms with Crippen LogP contribution in [0.2, 0.25) is 0 Å². The number of hydrogen-bond acceptors (Lipinski definition) is 2. The molecule has 0 radical (unpaired) electrons. The number of carboxylic acids is 1. The minimum atomic E-state index is -0.799. The topological polar surface area (TPSA) is 40.5 Å². The fourth-order valence-corrected chi connectivity index (χ4v) is 1.71. The summed E-state index contributed by atoms with van der Waals surface area (Å²) in [7, 11) is 0. The molecular weight excluding hydrogens is 214 g/mol. The first-order valence-electron chi connectivity index (χ1n) is 5.59. The molecular formula is C14H17NO2. The van der Waals surface area contributed by atoms with E-state index in [-0.39, 0.29) is 12.5 Å². The molecule has 0 saturated heterocycles. The fourth-order valence-electron chi connectivity index (χ4n) is 1.71. The molecule has 1 aromatic rings. The molecule has 3 nitrogen and oxygen atoms in total. The van der Waals surface area contributed by atoms with E-state index in [0.717, 1.165) is 5.56 Å². The third kappa shape index (κ3) is 4.29. The highest BCUT2D eigenvalue weighted by atomic mass is 16.4. The minimum Gasteiger partial charge on any atom is -0.481 e. The molecule has 90 valence electrons. The molecule has 1 aromatic carbocycles. The molecule has 1 unspecified atom stereocenters. The fraction of sp³-hybridized carbons (Fsp3) is 0.357. The van der Waals surface area contributed by atoms with Crippen molar-refractivity contribution in [1.82, 2.24) is 4.90 Å². The van der Waals surface area contributed by atoms with E-state index in [2.05, 4.69) is 5.92 Å². The van der Waals surface area contributed by atoms with E-state index in [1.54, 1.807) is 0 Å². The molecule has 0 saturated carbocycles. The van der Waals surface area contributed by atoms with Crippen molar-refractivity contribution in [2.45, 2.75) is 19.4 Å². The highest BCUT2D eigenvalue weighted by Gasteiger charge is 2.15. The first-order valence-corrected chi connectivity index (χ1v) is 5.59. The number of carboxylic acid groups (broad SMARTS) is 1. The lowest BCUT2D eigenvalue weighted by molar-refractivity contribution is -0.137. The van der Waals surface area contributed by atoms with Crippen molar-refractivity contribution >= 4 is 5.97 Å². The Morgan fingerprint density at radius 2 is 2.12 bits per heavy atom. The number of aliphatic carboxylic acids is 1. The molecule has 3 heteroatoms. The Balaban J connectivity index is 2.70. The SMILES string of the molecule is C#CCN(CCC(=O)O)C(C)c1ccccc1. The molecule has 0 amide bonds. The van der Waals surface area contributed by atoms with Crippen LogP contribution in [0.15, 0.2) is 30.3 Å². The standard InChI is InChI=1S/C14H17NO2/c1-3-10-15(11-9-14(16)17)12(2)13-7-5-4-6-8-13/h1,4-8,12H,9-11H2,2H3,(H,16,17). The summed E-state index contributed by atoms with van der Waals surface area (Å²) >= 11 is 0. The number of terminal acetylenes is 1. The van der Waals surface area contributed by atoms with Gasteiger partial charge in [-0.1, -0.05) is 36.3 Å². The van der Waals surface area contributed by atoms with Crippen LogP contribution in [0.25, 0.3) is 0 Å². The van der Waals surface area contributed by atoms with Crippen LogP contribution in [-0.4, -0.2) is 29.1 Å². The predicted octanol–water partition coefficient (Wildman–Crippen LogP) is 2.16. The molecule has 0 bridgehead atoms. The van der Waals surface area contributed by atoms with Crippen LogP contribution in [0.3, 0.4) is 0 Å². The van der Waals surface area contributed by atoms with Gasteiger partial charge in [-0.3, -0.25) is 9.69 Å². The third-order valence-corrected chi connectivity index (χ3v) is 2.74. The first-order chi connectivity index (χ1) is 8.15. The molecule has 0 aromatic heterocycles. The van der Waals surface area contributed by atoms with Gasteiger partial charge in [0.25, 0.3) is 0 Å². The molecule has 0 aliphatic carbocycles. The predicted molar refractivity (Wildman–Crippen MR) is 67.5 cm³/mol. The Bertz CT molecular complexity index is 394. The van der Waals surface area contributed by atoms with Crippen LogP contribution in [0.4, 0.5) is 0 Å². The Kier molecular flexibility index (Phi) is 5.25. The maximum Gasteiger partial charge on any atom is 0.304 e. The van der Waals surface area contributed by atoms with Gasteiger partial charge in [0.1, 0.15) is 0 Å². The van der Waals surface area contributed by atoms with Crippen molar-refractivity contribution in [3.8, 4) is 12.3 Å². The van der Waals surface area contributed by atoms with Crippen LogP contribution in [0, 0.1) is 12.3 Å². The van der Waals surface area contributed by atoms with Crippen LogP contribution < -0.4 is 0 Å². The van der Waals surface area contributed by atoms with Crippen LogP contribution in [-0.2, 0) is 4.79 Å². The molecule has 1 rings (SSSR count). The minimum absolute atomic E-state index is 0.110. The number of benzene rings is 1. The van der Waals surface area contributed by atoms with Crippen molar-refractivity contribution < 1.29 is 9.90 Å². The summed E-state index contributed by atoms with van der Waals surface area (Å²) in [5.41, 5.74) is 1.15. The van der Waals surface area contributed by atoms with Crippen molar-refractivity contribution in [1.29, 1.82) is 0 Å². The van der Waals surface area contributed by atoms with Gasteiger partial charge in [-0.15, -0.1) is 6.42 Å². The van der Waals surface area contributed by atoms with E-state index in [4.69, 9.17) is 11.5 Å². The van der Waals surface area contributed by atoms with E-state index >= 15 is 0 Å². The summed E-state index contributed by atoms with van der Waals surface area (Å²) < 4.78 is 0. The van der Waals surface area contributed by atoms with Crippen LogP contribution in [0.5, 0.6) is 0 Å². The Hall–Kier alpha value is -1.79. The smallest absolute Gasteiger partial charge is 0.304 e. The zero-order valence-electron chi connectivity index (χ0n) is 9.97. The lowest BCUT2D eigenvalue weighted by Gasteiger charge is -2.26. The second kappa shape index (κ2) is 6.72. The van der Waals surface area contributed by atoms with Gasteiger partial charge in [-0.05, 0) is 12.5 Å². The van der Waals surface area contributed by atoms with E-state index in [1.165, 1.54) is 0 Å². The molecule has 0 heterocycles. The summed E-state index contributed by atoms with van der Waals surface area (Å²) in [4.78, 5) is 12.6. The molecule has 0 aliphatic rings. The first kappa shape index (κ1) is 13.3. The lowest BCUT2D eigenvalue weighted by Crippen LogP contribution is -2.29. The summed E-state index contributed by atoms with van der Waals surface area (Å²) in [6.45, 7) is 2.97. The van der Waals surface area contributed by atoms with E-state index < -0.39 is 5.97 Å². The summed E-state index contributed by atoms with van der Waals surface area (Å²) in [5, 5.41) is 8.70. The number of hydrogen-bond donors (Lipinski definition) is 1. The number of rotatable bonds is 6. The van der Waals surface area contributed by atoms with Crippen molar-refractivity contribution in [2.75, 3.05) is 13.1 Å². The van der Waals surface area contributed by atoms with Gasteiger partial charge < -0.3 is 5.11 Å². The van der Waals surface area contributed by atoms with Gasteiger partial charge in [0.05, 0.1) is 13.0 Å². The average Bonchev–Trinajstić information content (AvgIpc) is 2.34. The van der Waals surface area contributed by atoms with Crippen molar-refractivity contribution in [3.63, 3.8) is 0 Å². The van der Waals surface area contributed by atoms with Crippen LogP contribution >= 0.6 is 0 Å². The summed E-state index contributed by atoms with van der Waals surface area (Å²) in [5.74, 6) is 1.78. The summed E-state index contributed by atoms with van der Waals surface area (Å²) in [6, 6.07) is 10.1. The van der Waals surface area contributed by atoms with E-state index in [0.29, 0.717) is 13.1 Å². The van der Waals surface area contributed by atoms with Gasteiger partial charge in [0, 0.05) is 12.6 Å². The molecule has 0 fully saturated rings. The van der Waals surface area contributed by atoms with Gasteiger partial charge in [-0.2, -0.15) is 0 Å². The Labute approximate surface area is 102 Å². The maximum absolute atomic E-state index is 10.6. The van der Waals surface area contributed by atoms with Crippen molar-refractivity contribution in [3.05, 3.63) is 35.9 Å². The zero-order valence-corrected chi connectivity index (χ0v) is 9.97. The second-order valence-electron chi connectivity index (χ2n) is 3.90. The summed E-state index contributed by atoms with van der Waals surface area (Å²) in [6.07, 6.45) is 5.42. The van der Waals surface area contributed by atoms with Gasteiger partial charge in [-0.25, -0.2) is 0 Å². The average molecular weight is 231 g/mol. The number of nitrogens with zero attached hydrogens (tertiary/aromatic N) is 1. The Morgan fingerprint density at radius 1 is 1.47 bits per heavy atom. The van der Waals surface area contributed by atoms with E-state index in [1.807, 2.05) is 42.2 Å². The normalized spacial score (nSPS) is 12.1. The Morgan fingerprint density at radius 3 is 2.65 bits per heavy atom. The largest absolute Gasteiger partial charge is 0.481 e. The molecule has 0 aliphatic heterocycles. The molecule has 17 heavy (non-hydrogen) atoms. The zero-order chi connectivity index (χ0) is 12.7. The number of carbonyl (C=O) groups is 1. The monoisotopic (exact) mass is 231 g/mol. The quantitative estimate of drug-likeness (QED) is 0.763. The van der Waals surface area contributed by atoms with Crippen LogP contribution in [0.1, 0.15) is 24.9 Å². The van der Waals surface area contributed by atoms with E-state index in [9.17, 15) is 4.79 Å². The van der Waals surface area contributed by atoms with Gasteiger partial charge in [0.15, 0.2) is 0 Å². The maximum atomic E-state index is 10.6. The highest BCUT2D eigenvalue weighted by molar-refractivity contribution is 5.66. The highest BCUT2D eigenvalue weighted by Crippen LogP contribution is 2.19. The van der Waals surface area contributed by atoms with Gasteiger partial charge >= 0.3 is 5.97 Å². The van der Waals surface area contributed by atoms with Gasteiger partial charge in [0.2, 0.25) is 0 Å². The third-order valence-electron chi connectivity index (χ3n) is 2.74.